The summed E-state index contributed by atoms with van der Waals surface area (Å²) in [7, 11) is 0. The van der Waals surface area contributed by atoms with Crippen LogP contribution in [0.4, 0.5) is 0 Å². The second-order valence-corrected chi connectivity index (χ2v) is 6.74. The second kappa shape index (κ2) is 5.09. The number of pyridine rings is 1. The van der Waals surface area contributed by atoms with Crippen molar-refractivity contribution in [2.45, 2.75) is 53.6 Å². The molecule has 3 nitrogen and oxygen atoms in total. The van der Waals surface area contributed by atoms with Crippen molar-refractivity contribution in [3.63, 3.8) is 0 Å². The summed E-state index contributed by atoms with van der Waals surface area (Å²) < 4.78 is 5.40. The Kier molecular flexibility index (Phi) is 4.15. The molecule has 0 saturated heterocycles. The zero-order chi connectivity index (χ0) is 14.0. The van der Waals surface area contributed by atoms with Crippen LogP contribution in [0.25, 0.3) is 0 Å². The van der Waals surface area contributed by atoms with Crippen LogP contribution in [0.15, 0.2) is 18.3 Å². The van der Waals surface area contributed by atoms with Gasteiger partial charge in [0.1, 0.15) is 5.60 Å². The molecule has 1 rings (SSSR count). The third-order valence-electron chi connectivity index (χ3n) is 2.21. The first-order chi connectivity index (χ1) is 8.08. The Morgan fingerprint density at radius 3 is 2.33 bits per heavy atom. The largest absolute Gasteiger partial charge is 0.456 e. The van der Waals surface area contributed by atoms with Crippen LogP contribution >= 0.6 is 0 Å². The SMILES string of the molecule is CC(C)(C)Cc1ncccc1C(=O)OC(C)(C)C. The fourth-order valence-corrected chi connectivity index (χ4v) is 1.60. The Morgan fingerprint density at radius 1 is 1.22 bits per heavy atom. The van der Waals surface area contributed by atoms with Gasteiger partial charge in [0.25, 0.3) is 0 Å². The number of nitrogens with zero attached hydrogens (tertiary/aromatic N) is 1. The van der Waals surface area contributed by atoms with Crippen LogP contribution in [0.1, 0.15) is 57.6 Å². The fourth-order valence-electron chi connectivity index (χ4n) is 1.60. The number of rotatable bonds is 2. The molecule has 18 heavy (non-hydrogen) atoms. The summed E-state index contributed by atoms with van der Waals surface area (Å²) in [5.41, 5.74) is 0.985. The number of hydrogen-bond acceptors (Lipinski definition) is 3. The van der Waals surface area contributed by atoms with Gasteiger partial charge in [-0.25, -0.2) is 4.79 Å². The number of ether oxygens (including phenoxy) is 1. The molecule has 0 unspecified atom stereocenters. The zero-order valence-corrected chi connectivity index (χ0v) is 12.2. The summed E-state index contributed by atoms with van der Waals surface area (Å²) in [6.07, 6.45) is 2.47. The second-order valence-electron chi connectivity index (χ2n) is 6.74. The standard InChI is InChI=1S/C15H23NO2/c1-14(2,3)10-12-11(8-7-9-16-12)13(17)18-15(4,5)6/h7-9H,10H2,1-6H3. The first-order valence-electron chi connectivity index (χ1n) is 6.26. The van der Waals surface area contributed by atoms with Crippen LogP contribution in [-0.4, -0.2) is 16.6 Å². The molecule has 1 aromatic rings. The Hall–Kier alpha value is -1.38. The lowest BCUT2D eigenvalue weighted by Crippen LogP contribution is -2.25. The zero-order valence-electron chi connectivity index (χ0n) is 12.2. The van der Waals surface area contributed by atoms with E-state index in [0.29, 0.717) is 5.56 Å². The fraction of sp³-hybridized carbons (Fsp3) is 0.600. The highest BCUT2D eigenvalue weighted by atomic mass is 16.6. The maximum absolute atomic E-state index is 12.1. The van der Waals surface area contributed by atoms with Gasteiger partial charge in [-0.1, -0.05) is 20.8 Å². The van der Waals surface area contributed by atoms with Gasteiger partial charge >= 0.3 is 5.97 Å². The van der Waals surface area contributed by atoms with Crippen molar-refractivity contribution in [2.75, 3.05) is 0 Å². The average Bonchev–Trinajstić information content (AvgIpc) is 2.12. The van der Waals surface area contributed by atoms with E-state index >= 15 is 0 Å². The van der Waals surface area contributed by atoms with Crippen molar-refractivity contribution in [1.29, 1.82) is 0 Å². The lowest BCUT2D eigenvalue weighted by Gasteiger charge is -2.22. The average molecular weight is 249 g/mol. The molecule has 0 N–H and O–H groups in total. The maximum atomic E-state index is 12.1. The molecule has 0 aromatic carbocycles. The summed E-state index contributed by atoms with van der Waals surface area (Å²) in [6.45, 7) is 12.0. The molecule has 0 radical (unpaired) electrons. The molecule has 1 heterocycles. The molecule has 0 fully saturated rings. The van der Waals surface area contributed by atoms with Crippen LogP contribution in [0.5, 0.6) is 0 Å². The van der Waals surface area contributed by atoms with Gasteiger partial charge in [-0.3, -0.25) is 4.98 Å². The summed E-state index contributed by atoms with van der Waals surface area (Å²) in [5, 5.41) is 0. The first kappa shape index (κ1) is 14.7. The van der Waals surface area contributed by atoms with Crippen molar-refractivity contribution < 1.29 is 9.53 Å². The summed E-state index contributed by atoms with van der Waals surface area (Å²) >= 11 is 0. The van der Waals surface area contributed by atoms with Crippen LogP contribution in [0.2, 0.25) is 0 Å². The van der Waals surface area contributed by atoms with E-state index in [1.54, 1.807) is 18.3 Å². The van der Waals surface area contributed by atoms with Crippen LogP contribution in [-0.2, 0) is 11.2 Å². The molecule has 0 atom stereocenters. The molecular weight excluding hydrogens is 226 g/mol. The van der Waals surface area contributed by atoms with E-state index < -0.39 is 5.60 Å². The van der Waals surface area contributed by atoms with Gasteiger partial charge in [-0.15, -0.1) is 0 Å². The molecule has 3 heteroatoms. The van der Waals surface area contributed by atoms with Crippen molar-refractivity contribution in [3.8, 4) is 0 Å². The molecular formula is C15H23NO2. The van der Waals surface area contributed by atoms with Crippen molar-refractivity contribution in [2.24, 2.45) is 5.41 Å². The van der Waals surface area contributed by atoms with Gasteiger partial charge < -0.3 is 4.74 Å². The number of hydrogen-bond donors (Lipinski definition) is 0. The minimum Gasteiger partial charge on any atom is -0.456 e. The predicted octanol–water partition coefficient (Wildman–Crippen LogP) is 3.63. The maximum Gasteiger partial charge on any atom is 0.340 e. The highest BCUT2D eigenvalue weighted by molar-refractivity contribution is 5.90. The van der Waals surface area contributed by atoms with Crippen molar-refractivity contribution in [1.82, 2.24) is 4.98 Å². The third-order valence-corrected chi connectivity index (χ3v) is 2.21. The molecule has 1 aromatic heterocycles. The van der Waals surface area contributed by atoms with E-state index in [-0.39, 0.29) is 11.4 Å². The molecule has 0 aliphatic carbocycles. The topological polar surface area (TPSA) is 39.2 Å². The normalized spacial score (nSPS) is 12.3. The summed E-state index contributed by atoms with van der Waals surface area (Å²) in [4.78, 5) is 16.4. The van der Waals surface area contributed by atoms with Crippen LogP contribution in [0, 0.1) is 5.41 Å². The number of esters is 1. The van der Waals surface area contributed by atoms with E-state index in [4.69, 9.17) is 4.74 Å². The Balaban J connectivity index is 2.99. The van der Waals surface area contributed by atoms with Gasteiger partial charge in [0.2, 0.25) is 0 Å². The Morgan fingerprint density at radius 2 is 1.83 bits per heavy atom. The number of carbonyl (C=O) groups is 1. The lowest BCUT2D eigenvalue weighted by molar-refractivity contribution is 0.00674. The van der Waals surface area contributed by atoms with Crippen LogP contribution in [0.3, 0.4) is 0 Å². The van der Waals surface area contributed by atoms with E-state index in [2.05, 4.69) is 25.8 Å². The van der Waals surface area contributed by atoms with Crippen LogP contribution < -0.4 is 0 Å². The van der Waals surface area contributed by atoms with Gasteiger partial charge in [-0.2, -0.15) is 0 Å². The summed E-state index contributed by atoms with van der Waals surface area (Å²) in [5.74, 6) is -0.296. The molecule has 0 spiro atoms. The van der Waals surface area contributed by atoms with Gasteiger partial charge in [-0.05, 0) is 44.7 Å². The molecule has 0 bridgehead atoms. The van der Waals surface area contributed by atoms with Crippen molar-refractivity contribution >= 4 is 5.97 Å². The highest BCUT2D eigenvalue weighted by Crippen LogP contribution is 2.22. The minimum atomic E-state index is -0.480. The highest BCUT2D eigenvalue weighted by Gasteiger charge is 2.23. The molecule has 0 aliphatic rings. The number of aromatic nitrogens is 1. The van der Waals surface area contributed by atoms with E-state index in [0.717, 1.165) is 12.1 Å². The Bertz CT molecular complexity index is 425. The molecule has 100 valence electrons. The molecule has 0 amide bonds. The summed E-state index contributed by atoms with van der Waals surface area (Å²) in [6, 6.07) is 3.55. The number of carbonyl (C=O) groups excluding carboxylic acids is 1. The molecule has 0 saturated carbocycles. The van der Waals surface area contributed by atoms with Crippen molar-refractivity contribution in [3.05, 3.63) is 29.6 Å². The molecule has 0 aliphatic heterocycles. The Labute approximate surface area is 110 Å². The smallest absolute Gasteiger partial charge is 0.340 e. The van der Waals surface area contributed by atoms with Gasteiger partial charge in [0, 0.05) is 6.20 Å². The predicted molar refractivity (Wildman–Crippen MR) is 72.6 cm³/mol. The van der Waals surface area contributed by atoms with E-state index in [9.17, 15) is 4.79 Å². The van der Waals surface area contributed by atoms with E-state index in [1.807, 2.05) is 20.8 Å². The van der Waals surface area contributed by atoms with E-state index in [1.165, 1.54) is 0 Å². The first-order valence-corrected chi connectivity index (χ1v) is 6.26. The van der Waals surface area contributed by atoms with Gasteiger partial charge in [0.15, 0.2) is 0 Å². The minimum absolute atomic E-state index is 0.0884. The van der Waals surface area contributed by atoms with Gasteiger partial charge in [0.05, 0.1) is 11.3 Å². The quantitative estimate of drug-likeness (QED) is 0.751. The third kappa shape index (κ3) is 4.86. The lowest BCUT2D eigenvalue weighted by atomic mass is 9.89. The monoisotopic (exact) mass is 249 g/mol.